The molecule has 0 radical (unpaired) electrons. The zero-order valence-electron chi connectivity index (χ0n) is 14.1. The van der Waals surface area contributed by atoms with Gasteiger partial charge in [0.05, 0.1) is 24.6 Å². The summed E-state index contributed by atoms with van der Waals surface area (Å²) < 4.78 is 21.8. The van der Waals surface area contributed by atoms with Gasteiger partial charge < -0.3 is 24.1 Å². The quantitative estimate of drug-likeness (QED) is 0.638. The Morgan fingerprint density at radius 3 is 2.62 bits per heavy atom. The van der Waals surface area contributed by atoms with Crippen molar-refractivity contribution in [3.8, 4) is 18.0 Å². The van der Waals surface area contributed by atoms with Crippen LogP contribution in [0.2, 0.25) is 0 Å². The predicted molar refractivity (Wildman–Crippen MR) is 89.8 cm³/mol. The van der Waals surface area contributed by atoms with Gasteiger partial charge in [-0.25, -0.2) is 0 Å². The Labute approximate surface area is 143 Å². The van der Waals surface area contributed by atoms with Gasteiger partial charge in [0, 0.05) is 12.0 Å². The minimum absolute atomic E-state index is 0.00783. The van der Waals surface area contributed by atoms with Crippen molar-refractivity contribution < 1.29 is 24.1 Å². The van der Waals surface area contributed by atoms with E-state index in [-0.39, 0.29) is 12.2 Å². The van der Waals surface area contributed by atoms with Gasteiger partial charge in [-0.05, 0) is 31.9 Å². The fourth-order valence-electron chi connectivity index (χ4n) is 2.58. The molecule has 1 heterocycles. The van der Waals surface area contributed by atoms with Crippen LogP contribution in [0.25, 0.3) is 0 Å². The topological polar surface area (TPSA) is 57.2 Å². The molecule has 0 amide bonds. The standard InChI is InChI=1S/C19H24O5/c1-4-16-13-18(12-14(3)20)24-19(23-16)15-6-8-17(9-7-15)22-11-10-21-5-2/h5-9,14,16,18-20H,2,4,12-13H2,1,3H3. The second-order valence-electron chi connectivity index (χ2n) is 5.74. The molecule has 1 N–H and O–H groups in total. The first kappa shape index (κ1) is 18.3. The van der Waals surface area contributed by atoms with E-state index >= 15 is 0 Å². The highest BCUT2D eigenvalue weighted by atomic mass is 16.7. The lowest BCUT2D eigenvalue weighted by molar-refractivity contribution is -0.252. The lowest BCUT2D eigenvalue weighted by Crippen LogP contribution is -2.35. The minimum Gasteiger partial charge on any atom is -0.414 e. The van der Waals surface area contributed by atoms with Gasteiger partial charge in [-0.15, -0.1) is 0 Å². The summed E-state index contributed by atoms with van der Waals surface area (Å²) in [5.41, 5.74) is 0.909. The van der Waals surface area contributed by atoms with E-state index in [1.807, 2.05) is 12.1 Å². The lowest BCUT2D eigenvalue weighted by Gasteiger charge is -2.36. The monoisotopic (exact) mass is 332 g/mol. The smallest absolute Gasteiger partial charge is 0.184 e. The molecule has 0 aromatic heterocycles. The first-order chi connectivity index (χ1) is 11.6. The highest BCUT2D eigenvalue weighted by Crippen LogP contribution is 2.33. The molecule has 1 aliphatic heterocycles. The molecule has 0 spiro atoms. The van der Waals surface area contributed by atoms with Gasteiger partial charge in [0.2, 0.25) is 0 Å². The van der Waals surface area contributed by atoms with Crippen LogP contribution < -0.4 is 4.74 Å². The van der Waals surface area contributed by atoms with Crippen molar-refractivity contribution >= 4 is 0 Å². The van der Waals surface area contributed by atoms with E-state index in [0.29, 0.717) is 12.2 Å². The van der Waals surface area contributed by atoms with E-state index in [4.69, 9.17) is 14.2 Å². The Morgan fingerprint density at radius 1 is 1.29 bits per heavy atom. The Kier molecular flexibility index (Phi) is 7.13. The van der Waals surface area contributed by atoms with Gasteiger partial charge >= 0.3 is 0 Å². The predicted octanol–water partition coefficient (Wildman–Crippen LogP) is 3.50. The molecule has 24 heavy (non-hydrogen) atoms. The first-order valence-corrected chi connectivity index (χ1v) is 8.14. The average molecular weight is 332 g/mol. The van der Waals surface area contributed by atoms with Crippen LogP contribution in [0.1, 0.15) is 45.0 Å². The van der Waals surface area contributed by atoms with Crippen molar-refractivity contribution in [2.24, 2.45) is 0 Å². The van der Waals surface area contributed by atoms with Gasteiger partial charge in [-0.2, -0.15) is 0 Å². The molecular formula is C19H24O5. The van der Waals surface area contributed by atoms with Crippen molar-refractivity contribution in [3.63, 3.8) is 0 Å². The van der Waals surface area contributed by atoms with E-state index in [1.54, 1.807) is 19.1 Å². The zero-order valence-corrected chi connectivity index (χ0v) is 14.1. The molecule has 5 nitrogen and oxygen atoms in total. The van der Waals surface area contributed by atoms with Crippen LogP contribution in [0.15, 0.2) is 37.1 Å². The maximum absolute atomic E-state index is 9.61. The number of ether oxygens (including phenoxy) is 4. The van der Waals surface area contributed by atoms with Crippen LogP contribution in [0.4, 0.5) is 0 Å². The lowest BCUT2D eigenvalue weighted by atomic mass is 10.0. The van der Waals surface area contributed by atoms with E-state index in [2.05, 4.69) is 30.5 Å². The summed E-state index contributed by atoms with van der Waals surface area (Å²) in [6, 6.07) is 7.36. The average Bonchev–Trinajstić information content (AvgIpc) is 2.58. The number of hydrogen-bond donors (Lipinski definition) is 1. The molecule has 1 aromatic carbocycles. The Bertz CT molecular complexity index is 570. The highest BCUT2D eigenvalue weighted by molar-refractivity contribution is 5.29. The van der Waals surface area contributed by atoms with Crippen molar-refractivity contribution in [1.82, 2.24) is 0 Å². The van der Waals surface area contributed by atoms with Crippen molar-refractivity contribution in [2.75, 3.05) is 0 Å². The molecule has 1 aliphatic rings. The fraction of sp³-hybridized carbons (Fsp3) is 0.474. The van der Waals surface area contributed by atoms with Gasteiger partial charge in [0.15, 0.2) is 18.5 Å². The van der Waals surface area contributed by atoms with Crippen LogP contribution in [0, 0.1) is 12.2 Å². The molecule has 0 bridgehead atoms. The molecule has 0 aliphatic carbocycles. The summed E-state index contributed by atoms with van der Waals surface area (Å²) in [6.07, 6.45) is 7.60. The molecule has 1 fully saturated rings. The summed E-state index contributed by atoms with van der Waals surface area (Å²) in [7, 11) is 0. The largest absolute Gasteiger partial charge is 0.414 e. The molecule has 2 rings (SSSR count). The van der Waals surface area contributed by atoms with E-state index in [0.717, 1.165) is 18.4 Å². The third kappa shape index (κ3) is 5.57. The second-order valence-corrected chi connectivity index (χ2v) is 5.74. The molecule has 0 saturated carbocycles. The van der Waals surface area contributed by atoms with Crippen LogP contribution in [-0.4, -0.2) is 23.4 Å². The molecule has 1 saturated heterocycles. The van der Waals surface area contributed by atoms with Gasteiger partial charge in [-0.1, -0.05) is 25.6 Å². The van der Waals surface area contributed by atoms with Gasteiger partial charge in [0.1, 0.15) is 5.75 Å². The minimum atomic E-state index is -0.434. The highest BCUT2D eigenvalue weighted by Gasteiger charge is 2.30. The van der Waals surface area contributed by atoms with E-state index in [9.17, 15) is 5.11 Å². The number of rotatable bonds is 6. The van der Waals surface area contributed by atoms with Gasteiger partial charge in [-0.3, -0.25) is 0 Å². The van der Waals surface area contributed by atoms with Crippen molar-refractivity contribution in [1.29, 1.82) is 0 Å². The third-order valence-electron chi connectivity index (χ3n) is 3.72. The van der Waals surface area contributed by atoms with Crippen molar-refractivity contribution in [2.45, 2.75) is 57.7 Å². The van der Waals surface area contributed by atoms with Crippen molar-refractivity contribution in [3.05, 3.63) is 42.7 Å². The van der Waals surface area contributed by atoms with Crippen LogP contribution in [-0.2, 0) is 14.2 Å². The summed E-state index contributed by atoms with van der Waals surface area (Å²) >= 11 is 0. The van der Waals surface area contributed by atoms with E-state index < -0.39 is 12.4 Å². The van der Waals surface area contributed by atoms with Crippen LogP contribution in [0.5, 0.6) is 5.75 Å². The second kappa shape index (κ2) is 9.33. The number of aliphatic hydroxyl groups is 1. The van der Waals surface area contributed by atoms with Crippen LogP contribution >= 0.6 is 0 Å². The number of hydrogen-bond acceptors (Lipinski definition) is 5. The molecule has 130 valence electrons. The first-order valence-electron chi connectivity index (χ1n) is 8.14. The molecular weight excluding hydrogens is 308 g/mol. The Morgan fingerprint density at radius 2 is 2.00 bits per heavy atom. The third-order valence-corrected chi connectivity index (χ3v) is 3.72. The summed E-state index contributed by atoms with van der Waals surface area (Å²) in [6.45, 7) is 7.25. The van der Waals surface area contributed by atoms with Crippen LogP contribution in [0.3, 0.4) is 0 Å². The molecule has 4 atom stereocenters. The Balaban J connectivity index is 2.01. The summed E-state index contributed by atoms with van der Waals surface area (Å²) in [5.74, 6) is 0.599. The molecule has 1 aromatic rings. The fourth-order valence-corrected chi connectivity index (χ4v) is 2.58. The maximum atomic E-state index is 9.61. The summed E-state index contributed by atoms with van der Waals surface area (Å²) in [5, 5.41) is 9.61. The number of benzene rings is 1. The summed E-state index contributed by atoms with van der Waals surface area (Å²) in [4.78, 5) is 0. The van der Waals surface area contributed by atoms with E-state index in [1.165, 1.54) is 6.26 Å². The SMILES string of the molecule is C=COC#COc1ccc(C2OC(CC)CC(CC(C)O)O2)cc1. The number of aliphatic hydroxyl groups excluding tert-OH is 1. The zero-order chi connectivity index (χ0) is 17.4. The van der Waals surface area contributed by atoms with Gasteiger partial charge in [0.25, 0.3) is 0 Å². The maximum Gasteiger partial charge on any atom is 0.184 e. The molecule has 4 unspecified atom stereocenters. The Hall–Kier alpha value is -2.00. The normalized spacial score (nSPS) is 24.4. The molecule has 5 heteroatoms.